The molecule has 98 valence electrons. The molecule has 2 aromatic carbocycles. The van der Waals surface area contributed by atoms with E-state index in [0.717, 1.165) is 0 Å². The molecule has 0 spiro atoms. The Morgan fingerprint density at radius 2 is 1.68 bits per heavy atom. The third-order valence-corrected chi connectivity index (χ3v) is 2.99. The summed E-state index contributed by atoms with van der Waals surface area (Å²) in [6, 6.07) is 11.1. The Labute approximate surface area is 111 Å². The number of carbonyl (C=O) groups excluding carboxylic acids is 1. The summed E-state index contributed by atoms with van der Waals surface area (Å²) >= 11 is 0. The van der Waals surface area contributed by atoms with Gasteiger partial charge in [0.15, 0.2) is 0 Å². The van der Waals surface area contributed by atoms with Gasteiger partial charge in [0.2, 0.25) is 0 Å². The maximum Gasteiger partial charge on any atom is 0.258 e. The summed E-state index contributed by atoms with van der Waals surface area (Å²) in [7, 11) is 1.66. The highest BCUT2D eigenvalue weighted by atomic mass is 16.3. The number of hydrogen-bond acceptors (Lipinski definition) is 3. The van der Waals surface area contributed by atoms with Gasteiger partial charge in [-0.2, -0.15) is 0 Å². The third-order valence-electron chi connectivity index (χ3n) is 2.99. The van der Waals surface area contributed by atoms with Gasteiger partial charge in [-0.25, -0.2) is 0 Å². The number of phenols is 2. The molecule has 4 heteroatoms. The van der Waals surface area contributed by atoms with E-state index in [2.05, 4.69) is 0 Å². The van der Waals surface area contributed by atoms with Gasteiger partial charge < -0.3 is 15.1 Å². The molecular weight excluding hydrogens is 242 g/mol. The van der Waals surface area contributed by atoms with E-state index in [4.69, 9.17) is 0 Å². The lowest BCUT2D eigenvalue weighted by molar-refractivity contribution is 0.0993. The average molecular weight is 257 g/mol. The molecule has 1 amide bonds. The van der Waals surface area contributed by atoms with E-state index < -0.39 is 0 Å². The van der Waals surface area contributed by atoms with E-state index in [1.807, 2.05) is 0 Å². The molecule has 2 aromatic rings. The lowest BCUT2D eigenvalue weighted by atomic mass is 10.1. The Balaban J connectivity index is 2.28. The van der Waals surface area contributed by atoms with Gasteiger partial charge in [-0.3, -0.25) is 4.79 Å². The lowest BCUT2D eigenvalue weighted by Gasteiger charge is -2.17. The summed E-state index contributed by atoms with van der Waals surface area (Å²) < 4.78 is 0. The van der Waals surface area contributed by atoms with Crippen LogP contribution < -0.4 is 4.90 Å². The van der Waals surface area contributed by atoms with Gasteiger partial charge in [0, 0.05) is 18.3 Å². The highest BCUT2D eigenvalue weighted by molar-refractivity contribution is 6.05. The molecule has 0 saturated carbocycles. The summed E-state index contributed by atoms with van der Waals surface area (Å²) in [5.41, 5.74) is 1.85. The molecule has 0 saturated heterocycles. The number of benzene rings is 2. The second-order valence-electron chi connectivity index (χ2n) is 4.38. The van der Waals surface area contributed by atoms with Crippen molar-refractivity contribution >= 4 is 11.6 Å². The molecule has 2 rings (SSSR count). The SMILES string of the molecule is Cc1cc(C(=O)N(C)c2ccc(O)cc2)ccc1O. The fraction of sp³-hybridized carbons (Fsp3) is 0.133. The van der Waals surface area contributed by atoms with Crippen LogP contribution in [0.3, 0.4) is 0 Å². The van der Waals surface area contributed by atoms with Gasteiger partial charge in [-0.05, 0) is 55.0 Å². The zero-order valence-corrected chi connectivity index (χ0v) is 10.8. The largest absolute Gasteiger partial charge is 0.508 e. The number of amides is 1. The van der Waals surface area contributed by atoms with E-state index in [1.54, 1.807) is 38.2 Å². The van der Waals surface area contributed by atoms with Crippen LogP contribution >= 0.6 is 0 Å². The van der Waals surface area contributed by atoms with Gasteiger partial charge >= 0.3 is 0 Å². The first-order valence-electron chi connectivity index (χ1n) is 5.86. The van der Waals surface area contributed by atoms with Crippen LogP contribution in [0, 0.1) is 6.92 Å². The number of phenolic OH excluding ortho intramolecular Hbond substituents is 2. The van der Waals surface area contributed by atoms with Crippen molar-refractivity contribution in [3.8, 4) is 11.5 Å². The summed E-state index contributed by atoms with van der Waals surface area (Å²) in [4.78, 5) is 13.8. The van der Waals surface area contributed by atoms with Crippen LogP contribution in [0.2, 0.25) is 0 Å². The second kappa shape index (κ2) is 5.02. The first kappa shape index (κ1) is 13.0. The quantitative estimate of drug-likeness (QED) is 0.869. The fourth-order valence-electron chi connectivity index (χ4n) is 1.78. The number of hydrogen-bond donors (Lipinski definition) is 2. The Bertz CT molecular complexity index is 605. The van der Waals surface area contributed by atoms with Crippen molar-refractivity contribution in [1.29, 1.82) is 0 Å². The predicted molar refractivity (Wildman–Crippen MR) is 73.7 cm³/mol. The van der Waals surface area contributed by atoms with Crippen molar-refractivity contribution in [3.05, 3.63) is 53.6 Å². The minimum atomic E-state index is -0.172. The van der Waals surface area contributed by atoms with Crippen LogP contribution in [-0.4, -0.2) is 23.2 Å². The van der Waals surface area contributed by atoms with Gasteiger partial charge in [-0.15, -0.1) is 0 Å². The molecular formula is C15H15NO3. The minimum absolute atomic E-state index is 0.157. The van der Waals surface area contributed by atoms with E-state index in [0.29, 0.717) is 16.8 Å². The first-order valence-corrected chi connectivity index (χ1v) is 5.86. The van der Waals surface area contributed by atoms with Crippen molar-refractivity contribution < 1.29 is 15.0 Å². The van der Waals surface area contributed by atoms with Gasteiger partial charge in [0.1, 0.15) is 11.5 Å². The molecule has 4 nitrogen and oxygen atoms in total. The number of rotatable bonds is 2. The molecule has 0 aliphatic carbocycles. The van der Waals surface area contributed by atoms with Crippen LogP contribution in [0.4, 0.5) is 5.69 Å². The number of aryl methyl sites for hydroxylation is 1. The van der Waals surface area contributed by atoms with Crippen molar-refractivity contribution in [2.45, 2.75) is 6.92 Å². The zero-order valence-electron chi connectivity index (χ0n) is 10.8. The Morgan fingerprint density at radius 3 is 2.26 bits per heavy atom. The van der Waals surface area contributed by atoms with E-state index >= 15 is 0 Å². The Kier molecular flexibility index (Phi) is 3.42. The summed E-state index contributed by atoms with van der Waals surface area (Å²) in [5.74, 6) is 0.155. The molecule has 0 aliphatic rings. The average Bonchev–Trinajstić information content (AvgIpc) is 2.41. The smallest absolute Gasteiger partial charge is 0.258 e. The Morgan fingerprint density at radius 1 is 1.05 bits per heavy atom. The number of nitrogens with zero attached hydrogens (tertiary/aromatic N) is 1. The third kappa shape index (κ3) is 2.68. The van der Waals surface area contributed by atoms with Crippen LogP contribution in [0.15, 0.2) is 42.5 Å². The molecule has 0 fully saturated rings. The molecule has 0 bridgehead atoms. The highest BCUT2D eigenvalue weighted by Crippen LogP contribution is 2.21. The molecule has 0 aliphatic heterocycles. The van der Waals surface area contributed by atoms with Crippen LogP contribution in [0.25, 0.3) is 0 Å². The predicted octanol–water partition coefficient (Wildman–Crippen LogP) is 2.68. The molecule has 0 atom stereocenters. The van der Waals surface area contributed by atoms with Gasteiger partial charge in [-0.1, -0.05) is 0 Å². The lowest BCUT2D eigenvalue weighted by Crippen LogP contribution is -2.26. The Hall–Kier alpha value is -2.49. The number of aromatic hydroxyl groups is 2. The normalized spacial score (nSPS) is 10.2. The van der Waals surface area contributed by atoms with Gasteiger partial charge in [0.05, 0.1) is 0 Å². The standard InChI is InChI=1S/C15H15NO3/c1-10-9-11(3-8-14(10)18)15(19)16(2)12-4-6-13(17)7-5-12/h3-9,17-18H,1-2H3. The molecule has 2 N–H and O–H groups in total. The molecule has 19 heavy (non-hydrogen) atoms. The van der Waals surface area contributed by atoms with Gasteiger partial charge in [0.25, 0.3) is 5.91 Å². The van der Waals surface area contributed by atoms with E-state index in [1.165, 1.54) is 23.1 Å². The minimum Gasteiger partial charge on any atom is -0.508 e. The molecule has 0 unspecified atom stereocenters. The van der Waals surface area contributed by atoms with E-state index in [9.17, 15) is 15.0 Å². The number of carbonyl (C=O) groups is 1. The highest BCUT2D eigenvalue weighted by Gasteiger charge is 2.14. The fourth-order valence-corrected chi connectivity index (χ4v) is 1.78. The molecule has 0 heterocycles. The molecule has 0 radical (unpaired) electrons. The van der Waals surface area contributed by atoms with Crippen molar-refractivity contribution in [3.63, 3.8) is 0 Å². The maximum atomic E-state index is 12.3. The van der Waals surface area contributed by atoms with Crippen molar-refractivity contribution in [2.75, 3.05) is 11.9 Å². The van der Waals surface area contributed by atoms with Crippen molar-refractivity contribution in [2.24, 2.45) is 0 Å². The van der Waals surface area contributed by atoms with Crippen molar-refractivity contribution in [1.82, 2.24) is 0 Å². The van der Waals surface area contributed by atoms with E-state index in [-0.39, 0.29) is 17.4 Å². The first-order chi connectivity index (χ1) is 8.99. The zero-order chi connectivity index (χ0) is 14.0. The second-order valence-corrected chi connectivity index (χ2v) is 4.38. The van der Waals surface area contributed by atoms with Crippen LogP contribution in [-0.2, 0) is 0 Å². The molecule has 0 aromatic heterocycles. The summed E-state index contributed by atoms with van der Waals surface area (Å²) in [5, 5.41) is 18.7. The van der Waals surface area contributed by atoms with Crippen LogP contribution in [0.1, 0.15) is 15.9 Å². The monoisotopic (exact) mass is 257 g/mol. The maximum absolute atomic E-state index is 12.3. The summed E-state index contributed by atoms with van der Waals surface area (Å²) in [6.45, 7) is 1.74. The van der Waals surface area contributed by atoms with Crippen LogP contribution in [0.5, 0.6) is 11.5 Å². The number of anilines is 1. The topological polar surface area (TPSA) is 60.8 Å². The summed E-state index contributed by atoms with van der Waals surface area (Å²) in [6.07, 6.45) is 0.